The summed E-state index contributed by atoms with van der Waals surface area (Å²) in [6, 6.07) is 9.55. The van der Waals surface area contributed by atoms with Gasteiger partial charge in [0.2, 0.25) is 0 Å². The maximum Gasteiger partial charge on any atom is 0.437 e. The molecule has 6 nitrogen and oxygen atoms in total. The highest BCUT2D eigenvalue weighted by atomic mass is 32.2. The Kier molecular flexibility index (Phi) is 6.60. The lowest BCUT2D eigenvalue weighted by molar-refractivity contribution is -0.0597. The third-order valence-electron chi connectivity index (χ3n) is 3.60. The lowest BCUT2D eigenvalue weighted by Gasteiger charge is -2.19. The molecule has 0 fully saturated rings. The summed E-state index contributed by atoms with van der Waals surface area (Å²) in [5.74, 6) is -0.710. The number of hydrogen-bond donors (Lipinski definition) is 0. The summed E-state index contributed by atoms with van der Waals surface area (Å²) in [7, 11) is -4.54. The Morgan fingerprint density at radius 1 is 0.900 bits per heavy atom. The standard InChI is InChI=1S/C20H20F3NO5S/c1-13-5-11-16(12-6-13)30(26,27)29-24-17(20(21,22)23)14-7-9-15(10-8-14)18(25)28-19(2,3)4/h5-12H,1-4H3/b24-17-. The lowest BCUT2D eigenvalue weighted by Crippen LogP contribution is -2.26. The van der Waals surface area contributed by atoms with Gasteiger partial charge in [-0.15, -0.1) is 0 Å². The lowest BCUT2D eigenvalue weighted by atomic mass is 10.1. The Hall–Kier alpha value is -2.88. The molecule has 30 heavy (non-hydrogen) atoms. The van der Waals surface area contributed by atoms with Gasteiger partial charge in [0.25, 0.3) is 0 Å². The van der Waals surface area contributed by atoms with Crippen LogP contribution in [0.3, 0.4) is 0 Å². The first-order valence-electron chi connectivity index (χ1n) is 8.68. The first-order chi connectivity index (χ1) is 13.7. The van der Waals surface area contributed by atoms with E-state index in [1.165, 1.54) is 24.3 Å². The van der Waals surface area contributed by atoms with Crippen LogP contribution in [0, 0.1) is 6.92 Å². The molecular weight excluding hydrogens is 423 g/mol. The van der Waals surface area contributed by atoms with Gasteiger partial charge in [-0.05, 0) is 52.0 Å². The third kappa shape index (κ3) is 6.31. The molecule has 2 aromatic carbocycles. The summed E-state index contributed by atoms with van der Waals surface area (Å²) in [6.07, 6.45) is -5.00. The number of carbonyl (C=O) groups excluding carboxylic acids is 1. The molecule has 0 heterocycles. The molecule has 2 rings (SSSR count). The van der Waals surface area contributed by atoms with E-state index in [-0.39, 0.29) is 10.5 Å². The molecule has 2 aromatic rings. The fraction of sp³-hybridized carbons (Fsp3) is 0.300. The van der Waals surface area contributed by atoms with Crippen LogP contribution in [0.4, 0.5) is 13.2 Å². The predicted molar refractivity (Wildman–Crippen MR) is 104 cm³/mol. The zero-order valence-electron chi connectivity index (χ0n) is 16.6. The normalized spacial score (nSPS) is 13.1. The Morgan fingerprint density at radius 2 is 1.40 bits per heavy atom. The van der Waals surface area contributed by atoms with Crippen molar-refractivity contribution in [2.75, 3.05) is 0 Å². The smallest absolute Gasteiger partial charge is 0.437 e. The summed E-state index contributed by atoms with van der Waals surface area (Å²) in [5, 5.41) is 2.86. The number of aryl methyl sites for hydroxylation is 1. The molecule has 0 aliphatic heterocycles. The van der Waals surface area contributed by atoms with Crippen molar-refractivity contribution < 1.29 is 35.4 Å². The Balaban J connectivity index is 2.32. The van der Waals surface area contributed by atoms with Crippen molar-refractivity contribution in [2.45, 2.75) is 44.4 Å². The molecule has 0 atom stereocenters. The molecule has 0 spiro atoms. The summed E-state index contributed by atoms with van der Waals surface area (Å²) in [4.78, 5) is 11.7. The number of nitrogens with zero attached hydrogens (tertiary/aromatic N) is 1. The Bertz CT molecular complexity index is 1040. The van der Waals surface area contributed by atoms with Crippen LogP contribution in [0.2, 0.25) is 0 Å². The fourth-order valence-electron chi connectivity index (χ4n) is 2.20. The first kappa shape index (κ1) is 23.4. The van der Waals surface area contributed by atoms with Crippen LogP contribution in [0.25, 0.3) is 0 Å². The number of benzene rings is 2. The average molecular weight is 443 g/mol. The van der Waals surface area contributed by atoms with E-state index >= 15 is 0 Å². The highest BCUT2D eigenvalue weighted by Crippen LogP contribution is 2.25. The van der Waals surface area contributed by atoms with Gasteiger partial charge in [0.1, 0.15) is 10.5 Å². The van der Waals surface area contributed by atoms with Gasteiger partial charge >= 0.3 is 22.3 Å². The molecule has 0 aromatic heterocycles. The molecule has 0 unspecified atom stereocenters. The van der Waals surface area contributed by atoms with Crippen LogP contribution in [-0.2, 0) is 19.1 Å². The molecule has 0 amide bonds. The SMILES string of the molecule is Cc1ccc(S(=O)(=O)O/N=C(/c2ccc(C(=O)OC(C)(C)C)cc2)C(F)(F)F)cc1. The quantitative estimate of drug-likeness (QED) is 0.383. The van der Waals surface area contributed by atoms with Gasteiger partial charge in [0.05, 0.1) is 5.56 Å². The van der Waals surface area contributed by atoms with E-state index in [0.29, 0.717) is 0 Å². The average Bonchev–Trinajstić information content (AvgIpc) is 2.60. The second-order valence-corrected chi connectivity index (χ2v) is 8.89. The number of alkyl halides is 3. The molecule has 0 aliphatic carbocycles. The van der Waals surface area contributed by atoms with Gasteiger partial charge in [-0.25, -0.2) is 4.79 Å². The second kappa shape index (κ2) is 8.47. The van der Waals surface area contributed by atoms with E-state index in [1.54, 1.807) is 27.7 Å². The van der Waals surface area contributed by atoms with E-state index in [0.717, 1.165) is 29.8 Å². The van der Waals surface area contributed by atoms with Gasteiger partial charge in [0, 0.05) is 5.56 Å². The van der Waals surface area contributed by atoms with Gasteiger partial charge in [-0.2, -0.15) is 21.6 Å². The largest absolute Gasteiger partial charge is 0.456 e. The van der Waals surface area contributed by atoms with Gasteiger partial charge in [0.15, 0.2) is 5.71 Å². The summed E-state index contributed by atoms with van der Waals surface area (Å²) in [5.41, 5.74) is -2.02. The molecule has 0 saturated carbocycles. The van der Waals surface area contributed by atoms with E-state index in [1.807, 2.05) is 0 Å². The van der Waals surface area contributed by atoms with Crippen molar-refractivity contribution in [1.82, 2.24) is 0 Å². The second-order valence-electron chi connectivity index (χ2n) is 7.36. The molecular formula is C20H20F3NO5S. The predicted octanol–water partition coefficient (Wildman–Crippen LogP) is 4.62. The minimum absolute atomic E-state index is 0.0309. The number of esters is 1. The van der Waals surface area contributed by atoms with Crippen molar-refractivity contribution >= 4 is 21.8 Å². The molecule has 0 aliphatic rings. The van der Waals surface area contributed by atoms with E-state index < -0.39 is 39.1 Å². The number of oxime groups is 1. The molecule has 10 heteroatoms. The number of carbonyl (C=O) groups is 1. The third-order valence-corrected chi connectivity index (χ3v) is 4.72. The highest BCUT2D eigenvalue weighted by molar-refractivity contribution is 7.86. The molecule has 0 radical (unpaired) electrons. The van der Waals surface area contributed by atoms with Crippen molar-refractivity contribution in [3.8, 4) is 0 Å². The number of hydrogen-bond acceptors (Lipinski definition) is 6. The van der Waals surface area contributed by atoms with Crippen molar-refractivity contribution in [1.29, 1.82) is 0 Å². The van der Waals surface area contributed by atoms with Gasteiger partial charge in [-0.3, -0.25) is 4.28 Å². The summed E-state index contributed by atoms with van der Waals surface area (Å²) < 4.78 is 73.9. The molecule has 0 N–H and O–H groups in total. The van der Waals surface area contributed by atoms with Crippen LogP contribution in [0.1, 0.15) is 42.3 Å². The number of rotatable bonds is 5. The van der Waals surface area contributed by atoms with Crippen LogP contribution in [0.15, 0.2) is 58.6 Å². The highest BCUT2D eigenvalue weighted by Gasteiger charge is 2.38. The van der Waals surface area contributed by atoms with Crippen LogP contribution in [0.5, 0.6) is 0 Å². The van der Waals surface area contributed by atoms with Crippen molar-refractivity contribution in [3.63, 3.8) is 0 Å². The first-order valence-corrected chi connectivity index (χ1v) is 10.1. The summed E-state index contributed by atoms with van der Waals surface area (Å²) >= 11 is 0. The van der Waals surface area contributed by atoms with Gasteiger partial charge < -0.3 is 4.74 Å². The van der Waals surface area contributed by atoms with E-state index in [9.17, 15) is 26.4 Å². The van der Waals surface area contributed by atoms with Gasteiger partial charge in [-0.1, -0.05) is 35.0 Å². The monoisotopic (exact) mass is 443 g/mol. The number of halogens is 3. The zero-order chi connectivity index (χ0) is 22.7. The maximum absolute atomic E-state index is 13.4. The van der Waals surface area contributed by atoms with Crippen LogP contribution >= 0.6 is 0 Å². The van der Waals surface area contributed by atoms with Crippen molar-refractivity contribution in [3.05, 3.63) is 65.2 Å². The topological polar surface area (TPSA) is 82.0 Å². The van der Waals surface area contributed by atoms with Crippen LogP contribution in [-0.4, -0.2) is 31.9 Å². The minimum Gasteiger partial charge on any atom is -0.456 e. The summed E-state index contributed by atoms with van der Waals surface area (Å²) in [6.45, 7) is 6.68. The maximum atomic E-state index is 13.4. The van der Waals surface area contributed by atoms with Crippen molar-refractivity contribution in [2.24, 2.45) is 5.16 Å². The van der Waals surface area contributed by atoms with E-state index in [2.05, 4.69) is 9.44 Å². The zero-order valence-corrected chi connectivity index (χ0v) is 17.5. The number of ether oxygens (including phenoxy) is 1. The Morgan fingerprint density at radius 3 is 1.87 bits per heavy atom. The molecule has 0 bridgehead atoms. The molecule has 0 saturated heterocycles. The molecule has 162 valence electrons. The minimum atomic E-state index is -5.00. The fourth-order valence-corrected chi connectivity index (χ4v) is 2.93. The van der Waals surface area contributed by atoms with Crippen LogP contribution < -0.4 is 0 Å². The Labute approximate surface area is 172 Å². The van der Waals surface area contributed by atoms with E-state index in [4.69, 9.17) is 4.74 Å².